The molecule has 4 unspecified atom stereocenters. The van der Waals surface area contributed by atoms with Crippen LogP contribution < -0.4 is 0 Å². The van der Waals surface area contributed by atoms with Crippen molar-refractivity contribution >= 4 is 0 Å². The number of rotatable bonds is 1. The Hall–Kier alpha value is -0.590. The summed E-state index contributed by atoms with van der Waals surface area (Å²) in [4.78, 5) is 2.42. The summed E-state index contributed by atoms with van der Waals surface area (Å²) in [6.07, 6.45) is 7.17. The highest BCUT2D eigenvalue weighted by atomic mass is 16.3. The van der Waals surface area contributed by atoms with Gasteiger partial charge in [-0.15, -0.1) is 0 Å². The molecule has 100 valence electrons. The largest absolute Gasteiger partial charge is 0.387 e. The zero-order chi connectivity index (χ0) is 12.8. The molecule has 2 aliphatic heterocycles. The van der Waals surface area contributed by atoms with E-state index in [1.807, 2.05) is 0 Å². The molecule has 1 aliphatic carbocycles. The lowest BCUT2D eigenvalue weighted by atomic mass is 9.59. The van der Waals surface area contributed by atoms with Gasteiger partial charge >= 0.3 is 0 Å². The van der Waals surface area contributed by atoms with Gasteiger partial charge < -0.3 is 5.11 Å². The molecule has 3 aliphatic rings. The van der Waals surface area contributed by atoms with Crippen LogP contribution in [0.25, 0.3) is 0 Å². The van der Waals surface area contributed by atoms with Crippen LogP contribution in [0, 0.1) is 22.7 Å². The quantitative estimate of drug-likeness (QED) is 0.774. The number of nitriles is 1. The first-order valence-corrected chi connectivity index (χ1v) is 7.49. The average molecular weight is 248 g/mol. The lowest BCUT2D eigenvalue weighted by molar-refractivity contribution is -0.0958. The zero-order valence-electron chi connectivity index (χ0n) is 11.4. The van der Waals surface area contributed by atoms with Crippen LogP contribution in [0.15, 0.2) is 0 Å². The normalized spacial score (nSPS) is 48.9. The lowest BCUT2D eigenvalue weighted by Gasteiger charge is -2.47. The fraction of sp³-hybridized carbons (Fsp3) is 0.933. The Labute approximate surface area is 110 Å². The minimum Gasteiger partial charge on any atom is -0.387 e. The van der Waals surface area contributed by atoms with E-state index in [4.69, 9.17) is 0 Å². The summed E-state index contributed by atoms with van der Waals surface area (Å²) in [5.74, 6) is 0.581. The van der Waals surface area contributed by atoms with Crippen molar-refractivity contribution < 1.29 is 5.11 Å². The highest BCUT2D eigenvalue weighted by Gasteiger charge is 2.61. The summed E-state index contributed by atoms with van der Waals surface area (Å²) >= 11 is 0. The molecule has 3 fully saturated rings. The molecule has 3 nitrogen and oxygen atoms in total. The number of hydrogen-bond donors (Lipinski definition) is 1. The van der Waals surface area contributed by atoms with Crippen molar-refractivity contribution in [3.63, 3.8) is 0 Å². The van der Waals surface area contributed by atoms with Crippen molar-refractivity contribution in [2.45, 2.75) is 63.5 Å². The molecule has 1 N–H and O–H groups in total. The molecule has 4 atom stereocenters. The Morgan fingerprint density at radius 2 is 2.06 bits per heavy atom. The van der Waals surface area contributed by atoms with Gasteiger partial charge in [-0.1, -0.05) is 19.8 Å². The second-order valence-corrected chi connectivity index (χ2v) is 6.76. The predicted molar refractivity (Wildman–Crippen MR) is 69.8 cm³/mol. The Balaban J connectivity index is 1.93. The van der Waals surface area contributed by atoms with E-state index in [1.165, 1.54) is 12.8 Å². The van der Waals surface area contributed by atoms with Crippen molar-refractivity contribution in [1.29, 1.82) is 5.26 Å². The van der Waals surface area contributed by atoms with E-state index in [1.54, 1.807) is 0 Å². The molecule has 18 heavy (non-hydrogen) atoms. The van der Waals surface area contributed by atoms with Crippen molar-refractivity contribution in [1.82, 2.24) is 4.90 Å². The van der Waals surface area contributed by atoms with Crippen molar-refractivity contribution in [2.75, 3.05) is 13.1 Å². The molecular formula is C15H24N2O. The minimum atomic E-state index is -0.743. The summed E-state index contributed by atoms with van der Waals surface area (Å²) in [7, 11) is 0. The molecule has 0 radical (unpaired) electrons. The topological polar surface area (TPSA) is 47.3 Å². The minimum absolute atomic E-state index is 0.252. The fourth-order valence-corrected chi connectivity index (χ4v) is 4.82. The highest BCUT2D eigenvalue weighted by Crippen LogP contribution is 2.54. The van der Waals surface area contributed by atoms with Gasteiger partial charge in [0.1, 0.15) is 0 Å². The van der Waals surface area contributed by atoms with Gasteiger partial charge in [0.15, 0.2) is 0 Å². The second-order valence-electron chi connectivity index (χ2n) is 6.76. The molecule has 2 saturated heterocycles. The number of aliphatic hydroxyl groups is 1. The van der Waals surface area contributed by atoms with Gasteiger partial charge in [0.25, 0.3) is 0 Å². The SMILES string of the molecule is CC1CCCC(C#N)(C2(O)CCN3CCCC32)C1. The van der Waals surface area contributed by atoms with E-state index < -0.39 is 11.0 Å². The maximum Gasteiger partial charge on any atom is 0.0999 e. The van der Waals surface area contributed by atoms with E-state index in [2.05, 4.69) is 17.9 Å². The van der Waals surface area contributed by atoms with Gasteiger partial charge in [0, 0.05) is 12.6 Å². The third kappa shape index (κ3) is 1.55. The lowest BCUT2D eigenvalue weighted by Crippen LogP contribution is -2.56. The summed E-state index contributed by atoms with van der Waals surface area (Å²) in [5, 5.41) is 21.1. The van der Waals surface area contributed by atoms with E-state index in [0.29, 0.717) is 5.92 Å². The third-order valence-corrected chi connectivity index (χ3v) is 5.74. The smallest absolute Gasteiger partial charge is 0.0999 e. The first-order valence-electron chi connectivity index (χ1n) is 7.49. The summed E-state index contributed by atoms with van der Waals surface area (Å²) in [6.45, 7) is 4.33. The summed E-state index contributed by atoms with van der Waals surface area (Å²) in [6, 6.07) is 2.82. The molecule has 0 aromatic carbocycles. The standard InChI is InChI=1S/C15H24N2O/c1-12-4-2-6-14(10-12,11-16)15(18)7-9-17-8-3-5-13(15)17/h12-13,18H,2-10H2,1H3. The van der Waals surface area contributed by atoms with Crippen LogP contribution in [0.4, 0.5) is 0 Å². The van der Waals surface area contributed by atoms with Crippen LogP contribution in [0.3, 0.4) is 0 Å². The number of hydrogen-bond acceptors (Lipinski definition) is 3. The van der Waals surface area contributed by atoms with Crippen molar-refractivity contribution in [3.05, 3.63) is 0 Å². The summed E-state index contributed by atoms with van der Waals surface area (Å²) in [5.41, 5.74) is -1.22. The molecule has 0 amide bonds. The molecular weight excluding hydrogens is 224 g/mol. The maximum atomic E-state index is 11.3. The van der Waals surface area contributed by atoms with Gasteiger partial charge in [-0.25, -0.2) is 0 Å². The maximum absolute atomic E-state index is 11.3. The second kappa shape index (κ2) is 4.21. The van der Waals surface area contributed by atoms with E-state index in [0.717, 1.165) is 45.2 Å². The van der Waals surface area contributed by atoms with Crippen molar-refractivity contribution in [3.8, 4) is 6.07 Å². The molecule has 0 aromatic heterocycles. The Bertz CT molecular complexity index is 377. The van der Waals surface area contributed by atoms with E-state index >= 15 is 0 Å². The highest BCUT2D eigenvalue weighted by molar-refractivity contribution is 5.20. The zero-order valence-corrected chi connectivity index (χ0v) is 11.4. The van der Waals surface area contributed by atoms with E-state index in [-0.39, 0.29) is 6.04 Å². The van der Waals surface area contributed by atoms with Crippen LogP contribution in [-0.4, -0.2) is 34.7 Å². The Kier molecular flexibility index (Phi) is 2.91. The third-order valence-electron chi connectivity index (χ3n) is 5.74. The van der Waals surface area contributed by atoms with Gasteiger partial charge in [0.2, 0.25) is 0 Å². The van der Waals surface area contributed by atoms with Crippen LogP contribution in [0.1, 0.15) is 51.9 Å². The first kappa shape index (κ1) is 12.4. The van der Waals surface area contributed by atoms with Gasteiger partial charge in [-0.2, -0.15) is 5.26 Å². The van der Waals surface area contributed by atoms with Gasteiger partial charge in [0.05, 0.1) is 17.1 Å². The number of fused-ring (bicyclic) bond motifs is 1. The van der Waals surface area contributed by atoms with Crippen LogP contribution in [0.2, 0.25) is 0 Å². The van der Waals surface area contributed by atoms with Gasteiger partial charge in [-0.05, 0) is 44.6 Å². The summed E-state index contributed by atoms with van der Waals surface area (Å²) < 4.78 is 0. The fourth-order valence-electron chi connectivity index (χ4n) is 4.82. The molecule has 0 spiro atoms. The van der Waals surface area contributed by atoms with Crippen LogP contribution in [-0.2, 0) is 0 Å². The molecule has 3 heteroatoms. The van der Waals surface area contributed by atoms with Gasteiger partial charge in [-0.3, -0.25) is 4.90 Å². The van der Waals surface area contributed by atoms with Crippen molar-refractivity contribution in [2.24, 2.45) is 11.3 Å². The Morgan fingerprint density at radius 1 is 1.22 bits per heavy atom. The van der Waals surface area contributed by atoms with Crippen LogP contribution >= 0.6 is 0 Å². The predicted octanol–water partition coefficient (Wildman–Crippen LogP) is 2.31. The van der Waals surface area contributed by atoms with E-state index in [9.17, 15) is 10.4 Å². The number of nitrogens with zero attached hydrogens (tertiary/aromatic N) is 2. The molecule has 1 saturated carbocycles. The molecule has 2 heterocycles. The Morgan fingerprint density at radius 3 is 2.78 bits per heavy atom. The molecule has 0 bridgehead atoms. The average Bonchev–Trinajstić information content (AvgIpc) is 2.94. The van der Waals surface area contributed by atoms with Crippen LogP contribution in [0.5, 0.6) is 0 Å². The first-order chi connectivity index (χ1) is 8.61. The molecule has 0 aromatic rings. The molecule has 3 rings (SSSR count). The monoisotopic (exact) mass is 248 g/mol.